The van der Waals surface area contributed by atoms with Gasteiger partial charge in [-0.05, 0) is 42.8 Å². The molecule has 0 spiro atoms. The Bertz CT molecular complexity index is 1590. The molecule has 0 fully saturated rings. The van der Waals surface area contributed by atoms with E-state index in [0.717, 1.165) is 23.8 Å². The summed E-state index contributed by atoms with van der Waals surface area (Å²) in [4.78, 5) is 7.97. The van der Waals surface area contributed by atoms with Crippen LogP contribution in [0.2, 0.25) is 0 Å². The van der Waals surface area contributed by atoms with Crippen LogP contribution in [0.4, 0.5) is 5.69 Å². The van der Waals surface area contributed by atoms with E-state index in [1.165, 1.54) is 0 Å². The number of hydrogen-bond acceptors (Lipinski definition) is 8. The average molecular weight is 543 g/mol. The maximum atomic E-state index is 11.4. The SMILES string of the molecule is Cc1ccc(C(N)=O)cc1N.O=S(=O)(O)c1cc(S(=O)(=O)O)c2cccc(S(=O)(=O)O)c2c1.[NaH]. The number of primary amides is 1. The van der Waals surface area contributed by atoms with Crippen LogP contribution in [0.25, 0.3) is 10.8 Å². The summed E-state index contributed by atoms with van der Waals surface area (Å²) in [6, 6.07) is 9.25. The summed E-state index contributed by atoms with van der Waals surface area (Å²) in [5.74, 6) is -0.448. The molecule has 0 saturated carbocycles. The first-order valence-electron chi connectivity index (χ1n) is 8.58. The van der Waals surface area contributed by atoms with Crippen LogP contribution in [0.1, 0.15) is 15.9 Å². The van der Waals surface area contributed by atoms with Gasteiger partial charge in [-0.3, -0.25) is 18.5 Å². The van der Waals surface area contributed by atoms with Gasteiger partial charge in [-0.15, -0.1) is 0 Å². The van der Waals surface area contributed by atoms with Crippen molar-refractivity contribution in [1.82, 2.24) is 0 Å². The van der Waals surface area contributed by atoms with Crippen molar-refractivity contribution in [2.75, 3.05) is 5.73 Å². The Balaban J connectivity index is 0.000000407. The normalized spacial score (nSPS) is 11.8. The predicted molar refractivity (Wildman–Crippen MR) is 125 cm³/mol. The van der Waals surface area contributed by atoms with E-state index in [-0.39, 0.29) is 34.9 Å². The minimum absolute atomic E-state index is 0. The molecule has 0 saturated heterocycles. The molecule has 0 aliphatic rings. The fraction of sp³-hybridized carbons (Fsp3) is 0.0556. The van der Waals surface area contributed by atoms with E-state index in [4.69, 9.17) is 25.1 Å². The molecule has 16 heteroatoms. The van der Waals surface area contributed by atoms with E-state index in [0.29, 0.717) is 23.4 Å². The van der Waals surface area contributed by atoms with E-state index >= 15 is 0 Å². The Kier molecular flexibility index (Phi) is 9.40. The third kappa shape index (κ3) is 7.21. The van der Waals surface area contributed by atoms with Crippen molar-refractivity contribution >= 4 is 82.3 Å². The van der Waals surface area contributed by atoms with Crippen molar-refractivity contribution in [3.8, 4) is 0 Å². The quantitative estimate of drug-likeness (QED) is 0.174. The molecular formula is C18H19N2NaO10S3. The molecule has 7 N–H and O–H groups in total. The first kappa shape index (κ1) is 30.0. The van der Waals surface area contributed by atoms with Crippen molar-refractivity contribution in [2.45, 2.75) is 21.6 Å². The first-order chi connectivity index (χ1) is 14.9. The standard InChI is InChI=1S/C10H8O9S3.C8H10N2O.Na.H/c11-20(12,13)6-4-8-7(10(5-6)22(17,18)19)2-1-3-9(8)21(14,15)16;1-5-2-3-6(8(10)11)4-7(5)9;;/h1-5H,(H,11,12,13)(H,14,15,16)(H,17,18,19);2-4H,9H2,1H3,(H2,10,11);;. The van der Waals surface area contributed by atoms with Gasteiger partial charge in [0.05, 0.1) is 4.90 Å². The third-order valence-corrected chi connectivity index (χ3v) is 6.95. The molecule has 12 nitrogen and oxygen atoms in total. The molecule has 180 valence electrons. The number of carbonyl (C=O) groups excluding carboxylic acids is 1. The van der Waals surface area contributed by atoms with Gasteiger partial charge in [0.1, 0.15) is 9.79 Å². The summed E-state index contributed by atoms with van der Waals surface area (Å²) in [6.07, 6.45) is 0. The zero-order chi connectivity index (χ0) is 25.4. The van der Waals surface area contributed by atoms with Crippen molar-refractivity contribution < 1.29 is 43.7 Å². The summed E-state index contributed by atoms with van der Waals surface area (Å²) in [7, 11) is -14.6. The van der Waals surface area contributed by atoms with E-state index in [1.54, 1.807) is 18.2 Å². The van der Waals surface area contributed by atoms with E-state index < -0.39 is 56.3 Å². The monoisotopic (exact) mass is 542 g/mol. The van der Waals surface area contributed by atoms with Gasteiger partial charge in [0, 0.05) is 22.0 Å². The zero-order valence-corrected chi connectivity index (χ0v) is 19.1. The Morgan fingerprint density at radius 2 is 1.32 bits per heavy atom. The molecule has 0 aromatic heterocycles. The van der Waals surface area contributed by atoms with Crippen molar-refractivity contribution in [1.29, 1.82) is 0 Å². The van der Waals surface area contributed by atoms with Crippen LogP contribution in [0, 0.1) is 6.92 Å². The molecule has 34 heavy (non-hydrogen) atoms. The summed E-state index contributed by atoms with van der Waals surface area (Å²) >= 11 is 0. The van der Waals surface area contributed by atoms with E-state index in [1.807, 2.05) is 6.92 Å². The number of nitrogens with two attached hydrogens (primary N) is 2. The Labute approximate surface area is 217 Å². The molecule has 3 aromatic rings. The van der Waals surface area contributed by atoms with Gasteiger partial charge in [-0.25, -0.2) is 0 Å². The fourth-order valence-corrected chi connectivity index (χ4v) is 4.72. The molecule has 0 aliphatic carbocycles. The van der Waals surface area contributed by atoms with Gasteiger partial charge in [0.25, 0.3) is 30.4 Å². The third-order valence-electron chi connectivity index (χ3n) is 4.31. The van der Waals surface area contributed by atoms with Gasteiger partial charge in [0.2, 0.25) is 5.91 Å². The van der Waals surface area contributed by atoms with E-state index in [9.17, 15) is 30.0 Å². The van der Waals surface area contributed by atoms with Crippen molar-refractivity contribution in [3.63, 3.8) is 0 Å². The van der Waals surface area contributed by atoms with Crippen LogP contribution < -0.4 is 11.5 Å². The molecule has 3 aromatic carbocycles. The van der Waals surface area contributed by atoms with Gasteiger partial charge in [-0.2, -0.15) is 25.3 Å². The Hall–Kier alpha value is -2.08. The molecule has 0 atom stereocenters. The molecule has 0 heterocycles. The fourth-order valence-electron chi connectivity index (χ4n) is 2.68. The second-order valence-electron chi connectivity index (χ2n) is 6.63. The molecule has 3 rings (SSSR count). The summed E-state index contributed by atoms with van der Waals surface area (Å²) in [5, 5.41) is -0.835. The van der Waals surface area contributed by atoms with Crippen LogP contribution in [0.5, 0.6) is 0 Å². The van der Waals surface area contributed by atoms with Crippen LogP contribution in [0.15, 0.2) is 63.2 Å². The molecule has 0 aliphatic heterocycles. The maximum absolute atomic E-state index is 11.4. The van der Waals surface area contributed by atoms with Crippen LogP contribution in [-0.4, -0.2) is 74.4 Å². The summed E-state index contributed by atoms with van der Waals surface area (Å²) in [5.41, 5.74) is 12.6. The topological polar surface area (TPSA) is 232 Å². The van der Waals surface area contributed by atoms with Gasteiger partial charge < -0.3 is 11.5 Å². The minimum atomic E-state index is -4.93. The van der Waals surface area contributed by atoms with Gasteiger partial charge in [0.15, 0.2) is 0 Å². The van der Waals surface area contributed by atoms with Crippen LogP contribution >= 0.6 is 0 Å². The number of carbonyl (C=O) groups is 1. The number of fused-ring (bicyclic) bond motifs is 1. The second kappa shape index (κ2) is 10.7. The van der Waals surface area contributed by atoms with E-state index in [2.05, 4.69) is 0 Å². The molecule has 1 amide bonds. The summed E-state index contributed by atoms with van der Waals surface area (Å²) in [6.45, 7) is 1.88. The Morgan fingerprint density at radius 3 is 1.76 bits per heavy atom. The van der Waals surface area contributed by atoms with Crippen LogP contribution in [-0.2, 0) is 30.4 Å². The molecular weight excluding hydrogens is 523 g/mol. The number of nitrogen functional groups attached to an aromatic ring is 1. The molecule has 0 unspecified atom stereocenters. The van der Waals surface area contributed by atoms with Gasteiger partial charge in [-0.1, -0.05) is 18.2 Å². The van der Waals surface area contributed by atoms with Crippen molar-refractivity contribution in [3.05, 3.63) is 59.7 Å². The number of amides is 1. The van der Waals surface area contributed by atoms with Crippen molar-refractivity contribution in [2.24, 2.45) is 5.73 Å². The zero-order valence-electron chi connectivity index (χ0n) is 16.7. The molecule has 0 bridgehead atoms. The Morgan fingerprint density at radius 1 is 0.765 bits per heavy atom. The first-order valence-corrected chi connectivity index (χ1v) is 12.9. The average Bonchev–Trinajstić information content (AvgIpc) is 2.66. The molecule has 0 radical (unpaired) electrons. The van der Waals surface area contributed by atoms with Gasteiger partial charge >= 0.3 is 29.6 Å². The predicted octanol–water partition coefficient (Wildman–Crippen LogP) is 0.608. The number of aryl methyl sites for hydroxylation is 1. The van der Waals surface area contributed by atoms with Crippen LogP contribution in [0.3, 0.4) is 0 Å². The number of rotatable bonds is 4. The number of hydrogen-bond donors (Lipinski definition) is 5. The second-order valence-corrected chi connectivity index (χ2v) is 10.8. The number of anilines is 1. The summed E-state index contributed by atoms with van der Waals surface area (Å²) < 4.78 is 95.0. The number of benzene rings is 3.